The first-order valence-corrected chi connectivity index (χ1v) is 13.4. The average Bonchev–Trinajstić information content (AvgIpc) is 3.60. The maximum Gasteiger partial charge on any atom is 0.231 e. The molecule has 3 aromatic heterocycles. The van der Waals surface area contributed by atoms with Gasteiger partial charge in [0.1, 0.15) is 11.6 Å². The lowest BCUT2D eigenvalue weighted by Gasteiger charge is -2.29. The lowest BCUT2D eigenvalue weighted by atomic mass is 9.95. The molecule has 4 heterocycles. The number of morpholine rings is 1. The third kappa shape index (κ3) is 4.68. The van der Waals surface area contributed by atoms with Crippen molar-refractivity contribution in [2.45, 2.75) is 38.1 Å². The number of thiazole rings is 1. The summed E-state index contributed by atoms with van der Waals surface area (Å²) in [7, 11) is 1.68. The molecule has 2 fully saturated rings. The van der Waals surface area contributed by atoms with Gasteiger partial charge in [-0.25, -0.2) is 0 Å². The molecule has 1 aromatic carbocycles. The second kappa shape index (κ2) is 10.3. The molecule has 0 spiro atoms. The number of benzene rings is 1. The van der Waals surface area contributed by atoms with E-state index < -0.39 is 0 Å². The lowest BCUT2D eigenvalue weighted by Crippen LogP contribution is -2.36. The Bertz CT molecular complexity index is 1310. The third-order valence-corrected chi connectivity index (χ3v) is 7.64. The zero-order valence-corrected chi connectivity index (χ0v) is 21.1. The van der Waals surface area contributed by atoms with Crippen LogP contribution in [-0.4, -0.2) is 64.6 Å². The molecule has 4 aromatic rings. The highest BCUT2D eigenvalue weighted by Crippen LogP contribution is 2.36. The summed E-state index contributed by atoms with van der Waals surface area (Å²) < 4.78 is 11.2. The Morgan fingerprint density at radius 3 is 2.78 bits per heavy atom. The molecule has 11 heteroatoms. The Balaban J connectivity index is 1.34. The van der Waals surface area contributed by atoms with Gasteiger partial charge in [-0.15, -0.1) is 11.3 Å². The Morgan fingerprint density at radius 2 is 2.00 bits per heavy atom. The van der Waals surface area contributed by atoms with Gasteiger partial charge >= 0.3 is 0 Å². The van der Waals surface area contributed by atoms with Crippen LogP contribution in [-0.2, 0) is 4.74 Å². The quantitative estimate of drug-likeness (QED) is 0.325. The Kier molecular flexibility index (Phi) is 6.56. The number of methoxy groups -OCH3 is 1. The first-order chi connectivity index (χ1) is 17.8. The van der Waals surface area contributed by atoms with Crippen molar-refractivity contribution in [3.8, 4) is 16.3 Å². The fourth-order valence-corrected chi connectivity index (χ4v) is 5.59. The van der Waals surface area contributed by atoms with Crippen LogP contribution in [0.5, 0.6) is 5.75 Å². The number of aromatic amines is 1. The van der Waals surface area contributed by atoms with Crippen LogP contribution in [0.25, 0.3) is 21.6 Å². The first kappa shape index (κ1) is 23.0. The molecule has 1 saturated carbocycles. The van der Waals surface area contributed by atoms with Crippen LogP contribution in [0.3, 0.4) is 0 Å². The fraction of sp³-hybridized carbons (Fsp3) is 0.440. The normalized spacial score (nSPS) is 16.9. The van der Waals surface area contributed by atoms with Crippen molar-refractivity contribution in [2.75, 3.05) is 48.9 Å². The Hall–Kier alpha value is -3.44. The van der Waals surface area contributed by atoms with Crippen molar-refractivity contribution in [2.24, 2.45) is 0 Å². The molecule has 10 nitrogen and oxygen atoms in total. The Labute approximate surface area is 213 Å². The fourth-order valence-electron chi connectivity index (χ4n) is 4.96. The third-order valence-electron chi connectivity index (χ3n) is 6.85. The summed E-state index contributed by atoms with van der Waals surface area (Å²) in [6.07, 6.45) is 7.88. The van der Waals surface area contributed by atoms with Gasteiger partial charge in [-0.1, -0.05) is 19.3 Å². The molecule has 1 saturated heterocycles. The van der Waals surface area contributed by atoms with Crippen molar-refractivity contribution < 1.29 is 9.47 Å². The SMILES string of the molecule is COc1cc(N2CCOCC2)ccc1Nc1nc(NC2CCCCC2)c2c(-c3cncs3)[nH]nc2n1. The highest BCUT2D eigenvalue weighted by atomic mass is 32.1. The number of ether oxygens (including phenoxy) is 2. The van der Waals surface area contributed by atoms with Crippen molar-refractivity contribution in [3.63, 3.8) is 0 Å². The topological polar surface area (TPSA) is 113 Å². The number of fused-ring (bicyclic) bond motifs is 1. The van der Waals surface area contributed by atoms with Gasteiger partial charge in [-0.3, -0.25) is 10.1 Å². The number of hydrogen-bond acceptors (Lipinski definition) is 10. The molecule has 6 rings (SSSR count). The van der Waals surface area contributed by atoms with Gasteiger partial charge in [0.15, 0.2) is 5.65 Å². The van der Waals surface area contributed by atoms with E-state index in [-0.39, 0.29) is 0 Å². The Morgan fingerprint density at radius 1 is 1.14 bits per heavy atom. The van der Waals surface area contributed by atoms with Crippen LogP contribution in [0.1, 0.15) is 32.1 Å². The van der Waals surface area contributed by atoms with Crippen molar-refractivity contribution in [1.29, 1.82) is 0 Å². The number of anilines is 4. The molecule has 0 unspecified atom stereocenters. The minimum atomic E-state index is 0.385. The molecule has 1 aliphatic heterocycles. The van der Waals surface area contributed by atoms with Crippen LogP contribution in [0.2, 0.25) is 0 Å². The molecule has 1 aliphatic carbocycles. The highest BCUT2D eigenvalue weighted by Gasteiger charge is 2.22. The van der Waals surface area contributed by atoms with Crippen molar-refractivity contribution in [1.82, 2.24) is 25.1 Å². The maximum absolute atomic E-state index is 5.72. The molecule has 36 heavy (non-hydrogen) atoms. The number of rotatable bonds is 7. The summed E-state index contributed by atoms with van der Waals surface area (Å²) in [5, 5.41) is 15.7. The predicted octanol–water partition coefficient (Wildman–Crippen LogP) is 4.81. The summed E-state index contributed by atoms with van der Waals surface area (Å²) in [5.41, 5.74) is 5.23. The maximum atomic E-state index is 5.72. The largest absolute Gasteiger partial charge is 0.494 e. The second-order valence-corrected chi connectivity index (χ2v) is 10.0. The molecule has 2 aliphatic rings. The molecule has 188 valence electrons. The van der Waals surface area contributed by atoms with E-state index in [1.807, 2.05) is 23.8 Å². The summed E-state index contributed by atoms with van der Waals surface area (Å²) >= 11 is 1.57. The number of nitrogens with zero attached hydrogens (tertiary/aromatic N) is 5. The van der Waals surface area contributed by atoms with E-state index in [0.717, 1.165) is 78.0 Å². The van der Waals surface area contributed by atoms with E-state index in [0.29, 0.717) is 17.6 Å². The van der Waals surface area contributed by atoms with Crippen molar-refractivity contribution >= 4 is 45.5 Å². The lowest BCUT2D eigenvalue weighted by molar-refractivity contribution is 0.122. The van der Waals surface area contributed by atoms with E-state index >= 15 is 0 Å². The van der Waals surface area contributed by atoms with Crippen molar-refractivity contribution in [3.05, 3.63) is 29.9 Å². The van der Waals surface area contributed by atoms with Gasteiger partial charge < -0.3 is 25.0 Å². The summed E-state index contributed by atoms with van der Waals surface area (Å²) in [6, 6.07) is 6.53. The van der Waals surface area contributed by atoms with E-state index in [1.165, 1.54) is 19.3 Å². The van der Waals surface area contributed by atoms with Crippen LogP contribution < -0.4 is 20.3 Å². The first-order valence-electron chi connectivity index (χ1n) is 12.5. The van der Waals surface area contributed by atoms with Gasteiger partial charge in [0, 0.05) is 37.1 Å². The van der Waals surface area contributed by atoms with Gasteiger partial charge in [0.2, 0.25) is 5.95 Å². The van der Waals surface area contributed by atoms with E-state index in [9.17, 15) is 0 Å². The molecular weight excluding hydrogens is 476 g/mol. The summed E-state index contributed by atoms with van der Waals surface area (Å²) in [5.74, 6) is 1.99. The molecular formula is C25H30N8O2S. The number of hydrogen-bond donors (Lipinski definition) is 3. The van der Waals surface area contributed by atoms with Crippen LogP contribution in [0, 0.1) is 0 Å². The monoisotopic (exact) mass is 506 g/mol. The van der Waals surface area contributed by atoms with Gasteiger partial charge in [-0.05, 0) is 25.0 Å². The molecule has 0 atom stereocenters. The van der Waals surface area contributed by atoms with E-state index in [2.05, 4.69) is 36.8 Å². The standard InChI is InChI=1S/C25H30N8O2S/c1-34-19-13-17(33-9-11-35-12-10-33)7-8-18(19)28-25-29-23(27-16-5-3-2-4-6-16)21-22(20-14-26-15-36-20)31-32-24(21)30-25/h7-8,13-16H,2-6,9-12H2,1H3,(H3,27,28,29,30,31,32). The van der Waals surface area contributed by atoms with E-state index in [1.54, 1.807) is 18.4 Å². The molecule has 0 bridgehead atoms. The number of aromatic nitrogens is 5. The number of H-pyrrole nitrogens is 1. The molecule has 0 amide bonds. The van der Waals surface area contributed by atoms with Crippen LogP contribution in [0.4, 0.5) is 23.1 Å². The predicted molar refractivity (Wildman–Crippen MR) is 143 cm³/mol. The minimum Gasteiger partial charge on any atom is -0.494 e. The van der Waals surface area contributed by atoms with Crippen LogP contribution >= 0.6 is 11.3 Å². The molecule has 3 N–H and O–H groups in total. The average molecular weight is 507 g/mol. The van der Waals surface area contributed by atoms with Gasteiger partial charge in [0.25, 0.3) is 0 Å². The van der Waals surface area contributed by atoms with E-state index in [4.69, 9.17) is 19.4 Å². The van der Waals surface area contributed by atoms with Gasteiger partial charge in [-0.2, -0.15) is 15.1 Å². The second-order valence-electron chi connectivity index (χ2n) is 9.15. The number of nitrogens with one attached hydrogen (secondary N) is 3. The highest BCUT2D eigenvalue weighted by molar-refractivity contribution is 7.13. The smallest absolute Gasteiger partial charge is 0.231 e. The zero-order valence-electron chi connectivity index (χ0n) is 20.3. The van der Waals surface area contributed by atoms with Gasteiger partial charge in [0.05, 0.1) is 47.5 Å². The zero-order chi connectivity index (χ0) is 24.3. The minimum absolute atomic E-state index is 0.385. The summed E-state index contributed by atoms with van der Waals surface area (Å²) in [6.45, 7) is 3.21. The summed E-state index contributed by atoms with van der Waals surface area (Å²) in [4.78, 5) is 17.2. The van der Waals surface area contributed by atoms with Crippen LogP contribution in [0.15, 0.2) is 29.9 Å². The molecule has 0 radical (unpaired) electrons.